The summed E-state index contributed by atoms with van der Waals surface area (Å²) in [6.45, 7) is 2.85. The van der Waals surface area contributed by atoms with Crippen molar-refractivity contribution in [3.8, 4) is 34.0 Å². The van der Waals surface area contributed by atoms with Gasteiger partial charge in [-0.25, -0.2) is 19.3 Å². The van der Waals surface area contributed by atoms with Crippen molar-refractivity contribution in [1.82, 2.24) is 39.4 Å². The summed E-state index contributed by atoms with van der Waals surface area (Å²) in [6, 6.07) is 22.8. The van der Waals surface area contributed by atoms with Crippen LogP contribution in [0.25, 0.3) is 39.8 Å². The number of hydrogen-bond donors (Lipinski definition) is 1. The van der Waals surface area contributed by atoms with Crippen LogP contribution in [0.5, 0.6) is 0 Å². The Hall–Kier alpha value is -4.76. The van der Waals surface area contributed by atoms with Gasteiger partial charge in [-0.1, -0.05) is 42.5 Å². The van der Waals surface area contributed by atoms with Crippen LogP contribution in [0.4, 0.5) is 4.39 Å². The molecule has 0 bridgehead atoms. The first-order valence-corrected chi connectivity index (χ1v) is 13.5. The molecule has 1 aliphatic heterocycles. The fourth-order valence-electron chi connectivity index (χ4n) is 5.46. The number of likely N-dealkylation sites (tertiary alicyclic amines) is 1. The van der Waals surface area contributed by atoms with Crippen LogP contribution < -0.4 is 0 Å². The zero-order chi connectivity index (χ0) is 26.9. The average molecular weight is 531 g/mol. The number of hydrogen-bond acceptors (Lipinski definition) is 6. The van der Waals surface area contributed by atoms with Gasteiger partial charge in [-0.15, -0.1) is 0 Å². The lowest BCUT2D eigenvalue weighted by Gasteiger charge is -2.30. The summed E-state index contributed by atoms with van der Waals surface area (Å²) in [7, 11) is 0. The van der Waals surface area contributed by atoms with Crippen molar-refractivity contribution >= 4 is 5.78 Å². The number of rotatable bonds is 6. The molecule has 1 saturated heterocycles. The van der Waals surface area contributed by atoms with Gasteiger partial charge in [0.25, 0.3) is 0 Å². The fourth-order valence-corrected chi connectivity index (χ4v) is 5.46. The van der Waals surface area contributed by atoms with Crippen LogP contribution in [0.15, 0.2) is 91.4 Å². The van der Waals surface area contributed by atoms with E-state index in [2.05, 4.69) is 49.3 Å². The van der Waals surface area contributed by atoms with E-state index < -0.39 is 0 Å². The van der Waals surface area contributed by atoms with Crippen LogP contribution in [0.2, 0.25) is 0 Å². The number of halogens is 1. The molecule has 0 atom stereocenters. The van der Waals surface area contributed by atoms with Crippen molar-refractivity contribution in [2.24, 2.45) is 0 Å². The van der Waals surface area contributed by atoms with Crippen molar-refractivity contribution in [2.75, 3.05) is 13.1 Å². The van der Waals surface area contributed by atoms with E-state index in [9.17, 15) is 4.39 Å². The number of nitrogens with one attached hydrogen (secondary N) is 1. The van der Waals surface area contributed by atoms with Crippen molar-refractivity contribution < 1.29 is 4.39 Å². The maximum Gasteiger partial charge on any atom is 0.234 e. The Morgan fingerprint density at radius 1 is 0.850 bits per heavy atom. The van der Waals surface area contributed by atoms with Gasteiger partial charge in [0.2, 0.25) is 5.78 Å². The standard InChI is InChI=1S/C31H27FN8/c32-25-7-2-1-6-24(25)28-27(35-31-34-16-5-17-40(28)31)22-11-9-21(10-12-22)20-39-18-13-23(14-19-39)29-36-30(38-37-29)26-8-3-4-15-33-26/h1-12,15-17,23H,13-14,18-20H2,(H,36,37,38). The summed E-state index contributed by atoms with van der Waals surface area (Å²) >= 11 is 0. The first-order chi connectivity index (χ1) is 19.7. The molecule has 2 aromatic carbocycles. The smallest absolute Gasteiger partial charge is 0.234 e. The molecule has 6 aromatic rings. The Kier molecular flexibility index (Phi) is 6.33. The van der Waals surface area contributed by atoms with Crippen LogP contribution in [0, 0.1) is 5.82 Å². The van der Waals surface area contributed by atoms with Gasteiger partial charge >= 0.3 is 0 Å². The number of benzene rings is 2. The number of pyridine rings is 1. The minimum atomic E-state index is -0.285. The minimum Gasteiger partial charge on any atom is -0.299 e. The highest BCUT2D eigenvalue weighted by atomic mass is 19.1. The quantitative estimate of drug-likeness (QED) is 0.295. The molecule has 0 unspecified atom stereocenters. The van der Waals surface area contributed by atoms with Gasteiger partial charge in [0.1, 0.15) is 17.3 Å². The predicted octanol–water partition coefficient (Wildman–Crippen LogP) is 5.76. The summed E-state index contributed by atoms with van der Waals surface area (Å²) in [5, 5.41) is 7.52. The van der Waals surface area contributed by atoms with Gasteiger partial charge in [0.15, 0.2) is 5.82 Å². The number of imidazole rings is 1. The summed E-state index contributed by atoms with van der Waals surface area (Å²) in [5.74, 6) is 2.22. The van der Waals surface area contributed by atoms with Crippen molar-refractivity contribution in [3.05, 3.63) is 109 Å². The number of piperidine rings is 1. The van der Waals surface area contributed by atoms with Gasteiger partial charge in [-0.2, -0.15) is 5.10 Å². The van der Waals surface area contributed by atoms with Crippen molar-refractivity contribution in [3.63, 3.8) is 0 Å². The Morgan fingerprint density at radius 3 is 2.45 bits per heavy atom. The van der Waals surface area contributed by atoms with E-state index in [1.54, 1.807) is 24.5 Å². The Labute approximate surface area is 230 Å². The first-order valence-electron chi connectivity index (χ1n) is 13.5. The molecule has 0 saturated carbocycles. The summed E-state index contributed by atoms with van der Waals surface area (Å²) in [5.41, 5.74) is 4.87. The predicted molar refractivity (Wildman–Crippen MR) is 151 cm³/mol. The Morgan fingerprint density at radius 2 is 1.65 bits per heavy atom. The lowest BCUT2D eigenvalue weighted by Crippen LogP contribution is -2.32. The van der Waals surface area contributed by atoms with E-state index in [0.717, 1.165) is 49.6 Å². The molecule has 0 amide bonds. The molecule has 0 radical (unpaired) electrons. The summed E-state index contributed by atoms with van der Waals surface area (Å²) in [4.78, 5) is 20.7. The average Bonchev–Trinajstić information content (AvgIpc) is 3.65. The van der Waals surface area contributed by atoms with Crippen molar-refractivity contribution in [1.29, 1.82) is 0 Å². The highest BCUT2D eigenvalue weighted by Gasteiger charge is 2.24. The number of H-pyrrole nitrogens is 1. The van der Waals surface area contributed by atoms with Crippen LogP contribution in [-0.2, 0) is 6.54 Å². The van der Waals surface area contributed by atoms with E-state index in [4.69, 9.17) is 9.97 Å². The molecule has 40 heavy (non-hydrogen) atoms. The van der Waals surface area contributed by atoms with E-state index in [-0.39, 0.29) is 5.82 Å². The number of nitrogens with zero attached hydrogens (tertiary/aromatic N) is 7. The molecular weight excluding hydrogens is 503 g/mol. The maximum absolute atomic E-state index is 14.8. The lowest BCUT2D eigenvalue weighted by atomic mass is 9.95. The van der Waals surface area contributed by atoms with Crippen LogP contribution in [-0.4, -0.2) is 52.5 Å². The minimum absolute atomic E-state index is 0.285. The van der Waals surface area contributed by atoms with Crippen LogP contribution >= 0.6 is 0 Å². The number of aromatic amines is 1. The first kappa shape index (κ1) is 24.3. The molecule has 8 nitrogen and oxygen atoms in total. The normalized spacial score (nSPS) is 14.6. The van der Waals surface area contributed by atoms with Gasteiger partial charge < -0.3 is 0 Å². The second-order valence-electron chi connectivity index (χ2n) is 10.1. The molecule has 0 aliphatic carbocycles. The second kappa shape index (κ2) is 10.4. The second-order valence-corrected chi connectivity index (χ2v) is 10.1. The van der Waals surface area contributed by atoms with E-state index in [1.165, 1.54) is 11.6 Å². The Bertz CT molecular complexity index is 1750. The van der Waals surface area contributed by atoms with Crippen LogP contribution in [0.1, 0.15) is 30.1 Å². The third-order valence-corrected chi connectivity index (χ3v) is 7.54. The summed E-state index contributed by atoms with van der Waals surface area (Å²) < 4.78 is 16.7. The van der Waals surface area contributed by atoms with Crippen molar-refractivity contribution in [2.45, 2.75) is 25.3 Å². The monoisotopic (exact) mass is 530 g/mol. The fraction of sp³-hybridized carbons (Fsp3) is 0.194. The molecular formula is C31H27FN8. The van der Waals surface area contributed by atoms with Gasteiger partial charge in [0.05, 0.1) is 11.4 Å². The highest BCUT2D eigenvalue weighted by Crippen LogP contribution is 2.34. The van der Waals surface area contributed by atoms with E-state index >= 15 is 0 Å². The van der Waals surface area contributed by atoms with E-state index in [0.29, 0.717) is 34.5 Å². The third-order valence-electron chi connectivity index (χ3n) is 7.54. The molecule has 1 fully saturated rings. The number of aromatic nitrogens is 7. The third kappa shape index (κ3) is 4.65. The lowest BCUT2D eigenvalue weighted by molar-refractivity contribution is 0.202. The molecule has 5 heterocycles. The van der Waals surface area contributed by atoms with Gasteiger partial charge in [-0.3, -0.25) is 19.4 Å². The topological polar surface area (TPSA) is 87.9 Å². The zero-order valence-electron chi connectivity index (χ0n) is 21.8. The largest absolute Gasteiger partial charge is 0.299 e. The zero-order valence-corrected chi connectivity index (χ0v) is 21.8. The molecule has 0 spiro atoms. The Balaban J connectivity index is 1.05. The molecule has 9 heteroatoms. The van der Waals surface area contributed by atoms with Crippen LogP contribution in [0.3, 0.4) is 0 Å². The molecule has 7 rings (SSSR count). The highest BCUT2D eigenvalue weighted by molar-refractivity contribution is 5.81. The SMILES string of the molecule is Fc1ccccc1-c1c(-c2ccc(CN3CCC(c4nc(-c5ccccn5)n[nH]4)CC3)cc2)nc2ncccn12. The van der Waals surface area contributed by atoms with Gasteiger partial charge in [0, 0.05) is 42.2 Å². The molecule has 198 valence electrons. The molecule has 1 N–H and O–H groups in total. The maximum atomic E-state index is 14.8. The molecule has 1 aliphatic rings. The van der Waals surface area contributed by atoms with E-state index in [1.807, 2.05) is 40.9 Å². The number of fused-ring (bicyclic) bond motifs is 1. The van der Waals surface area contributed by atoms with Gasteiger partial charge in [-0.05, 0) is 61.8 Å². The summed E-state index contributed by atoms with van der Waals surface area (Å²) in [6.07, 6.45) is 7.37. The molecule has 4 aromatic heterocycles.